The Bertz CT molecular complexity index is 801. The lowest BCUT2D eigenvalue weighted by molar-refractivity contribution is 0.0699. The number of aromatic nitrogens is 2. The zero-order valence-electron chi connectivity index (χ0n) is 10.2. The molecule has 0 fully saturated rings. The highest BCUT2D eigenvalue weighted by atomic mass is 79.9. The molecule has 3 aromatic rings. The van der Waals surface area contributed by atoms with Crippen molar-refractivity contribution in [2.75, 3.05) is 0 Å². The van der Waals surface area contributed by atoms with Crippen LogP contribution in [0, 0.1) is 0 Å². The van der Waals surface area contributed by atoms with Crippen LogP contribution in [0.1, 0.15) is 10.4 Å². The van der Waals surface area contributed by atoms with Gasteiger partial charge in [-0.15, -0.1) is 0 Å². The van der Waals surface area contributed by atoms with Gasteiger partial charge >= 0.3 is 5.97 Å². The van der Waals surface area contributed by atoms with Crippen molar-refractivity contribution in [3.63, 3.8) is 0 Å². The van der Waals surface area contributed by atoms with Crippen LogP contribution < -0.4 is 0 Å². The molecule has 0 bridgehead atoms. The number of carboxylic acid groups (broad SMARTS) is 1. The summed E-state index contributed by atoms with van der Waals surface area (Å²) in [6.07, 6.45) is 3.14. The number of rotatable bonds is 2. The van der Waals surface area contributed by atoms with Gasteiger partial charge in [-0.2, -0.15) is 0 Å². The highest BCUT2D eigenvalue weighted by molar-refractivity contribution is 9.10. The third kappa shape index (κ3) is 2.28. The Hall–Kier alpha value is -2.27. The lowest BCUT2D eigenvalue weighted by Crippen LogP contribution is -2.00. The topological polar surface area (TPSA) is 63.1 Å². The number of hydrogen-bond donors (Lipinski definition) is 1. The molecule has 0 saturated heterocycles. The quantitative estimate of drug-likeness (QED) is 0.778. The van der Waals surface area contributed by atoms with E-state index in [1.165, 1.54) is 0 Å². The number of fused-ring (bicyclic) bond motifs is 1. The first-order valence-corrected chi connectivity index (χ1v) is 6.68. The van der Waals surface area contributed by atoms with E-state index in [-0.39, 0.29) is 5.56 Å². The van der Waals surface area contributed by atoms with Gasteiger partial charge in [0.2, 0.25) is 0 Å². The van der Waals surface area contributed by atoms with Crippen molar-refractivity contribution in [2.45, 2.75) is 0 Å². The van der Waals surface area contributed by atoms with Crippen molar-refractivity contribution in [3.05, 3.63) is 58.8 Å². The number of pyridine rings is 2. The second-order valence-electron chi connectivity index (χ2n) is 4.26. The van der Waals surface area contributed by atoms with Gasteiger partial charge in [0.15, 0.2) is 0 Å². The Kier molecular flexibility index (Phi) is 3.20. The van der Waals surface area contributed by atoms with Crippen molar-refractivity contribution in [1.82, 2.24) is 9.97 Å². The minimum absolute atomic E-state index is 0.232. The van der Waals surface area contributed by atoms with Crippen molar-refractivity contribution >= 4 is 32.8 Å². The molecular weight excluding hydrogens is 320 g/mol. The molecule has 3 rings (SSSR count). The fraction of sp³-hybridized carbons (Fsp3) is 0. The monoisotopic (exact) mass is 328 g/mol. The Morgan fingerprint density at radius 2 is 1.90 bits per heavy atom. The number of aromatic carboxylic acids is 1. The first kappa shape index (κ1) is 12.7. The van der Waals surface area contributed by atoms with Gasteiger partial charge in [0.25, 0.3) is 0 Å². The van der Waals surface area contributed by atoms with Crippen molar-refractivity contribution < 1.29 is 9.90 Å². The molecule has 1 aromatic carbocycles. The highest BCUT2D eigenvalue weighted by Gasteiger charge is 2.12. The van der Waals surface area contributed by atoms with Crippen LogP contribution in [0.25, 0.3) is 22.2 Å². The number of hydrogen-bond acceptors (Lipinski definition) is 3. The maximum atomic E-state index is 11.4. The molecule has 0 amide bonds. The van der Waals surface area contributed by atoms with E-state index in [4.69, 9.17) is 0 Å². The first-order valence-electron chi connectivity index (χ1n) is 5.89. The standard InChI is InChI=1S/C15H9BrN2O2/c16-10-3-1-9(2-4-10)13-7-12(15(19)20)11-5-6-17-8-14(11)18-13/h1-8H,(H,19,20). The summed E-state index contributed by atoms with van der Waals surface area (Å²) >= 11 is 3.37. The zero-order valence-corrected chi connectivity index (χ0v) is 11.8. The molecule has 0 unspecified atom stereocenters. The predicted molar refractivity (Wildman–Crippen MR) is 79.6 cm³/mol. The van der Waals surface area contributed by atoms with E-state index in [0.717, 1.165) is 10.0 Å². The third-order valence-corrected chi connectivity index (χ3v) is 3.51. The van der Waals surface area contributed by atoms with E-state index in [1.54, 1.807) is 24.5 Å². The maximum Gasteiger partial charge on any atom is 0.336 e. The molecule has 2 aromatic heterocycles. The molecule has 0 radical (unpaired) electrons. The smallest absolute Gasteiger partial charge is 0.336 e. The fourth-order valence-electron chi connectivity index (χ4n) is 2.02. The van der Waals surface area contributed by atoms with E-state index in [1.807, 2.05) is 24.3 Å². The number of halogens is 1. The van der Waals surface area contributed by atoms with Crippen molar-refractivity contribution in [2.24, 2.45) is 0 Å². The second-order valence-corrected chi connectivity index (χ2v) is 5.18. The SMILES string of the molecule is O=C(O)c1cc(-c2ccc(Br)cc2)nc2cnccc12. The summed E-state index contributed by atoms with van der Waals surface area (Å²) in [5.41, 5.74) is 2.29. The lowest BCUT2D eigenvalue weighted by Gasteiger charge is -2.06. The molecule has 5 heteroatoms. The Morgan fingerprint density at radius 1 is 1.15 bits per heavy atom. The molecule has 0 aliphatic rings. The predicted octanol–water partition coefficient (Wildman–Crippen LogP) is 3.76. The van der Waals surface area contributed by atoms with Gasteiger partial charge in [-0.3, -0.25) is 4.98 Å². The molecule has 4 nitrogen and oxygen atoms in total. The number of nitrogens with zero attached hydrogens (tertiary/aromatic N) is 2. The van der Waals surface area contributed by atoms with E-state index in [2.05, 4.69) is 25.9 Å². The lowest BCUT2D eigenvalue weighted by atomic mass is 10.1. The summed E-state index contributed by atoms with van der Waals surface area (Å²) < 4.78 is 0.960. The van der Waals surface area contributed by atoms with Crippen LogP contribution in [-0.4, -0.2) is 21.0 Å². The Balaban J connectivity index is 2.27. The number of benzene rings is 1. The van der Waals surface area contributed by atoms with E-state index >= 15 is 0 Å². The van der Waals surface area contributed by atoms with Gasteiger partial charge in [0.1, 0.15) is 0 Å². The summed E-state index contributed by atoms with van der Waals surface area (Å²) in [4.78, 5) is 19.9. The van der Waals surface area contributed by atoms with E-state index in [0.29, 0.717) is 16.6 Å². The molecular formula is C15H9BrN2O2. The van der Waals surface area contributed by atoms with Crippen LogP contribution in [-0.2, 0) is 0 Å². The summed E-state index contributed by atoms with van der Waals surface area (Å²) in [7, 11) is 0. The second kappa shape index (κ2) is 5.02. The minimum atomic E-state index is -0.970. The van der Waals surface area contributed by atoms with Crippen molar-refractivity contribution in [1.29, 1.82) is 0 Å². The first-order chi connectivity index (χ1) is 9.65. The summed E-state index contributed by atoms with van der Waals surface area (Å²) in [5.74, 6) is -0.970. The van der Waals surface area contributed by atoms with Crippen LogP contribution in [0.4, 0.5) is 0 Å². The van der Waals surface area contributed by atoms with Crippen molar-refractivity contribution in [3.8, 4) is 11.3 Å². The molecule has 0 aliphatic carbocycles. The number of carbonyl (C=O) groups is 1. The molecule has 0 atom stereocenters. The Morgan fingerprint density at radius 3 is 2.60 bits per heavy atom. The molecule has 0 saturated carbocycles. The van der Waals surface area contributed by atoms with Crippen LogP contribution in [0.2, 0.25) is 0 Å². The molecule has 0 aliphatic heterocycles. The van der Waals surface area contributed by atoms with Gasteiger partial charge in [0.05, 0.1) is 23.0 Å². The minimum Gasteiger partial charge on any atom is -0.478 e. The fourth-order valence-corrected chi connectivity index (χ4v) is 2.29. The van der Waals surface area contributed by atoms with E-state index < -0.39 is 5.97 Å². The Labute approximate surface area is 123 Å². The molecule has 20 heavy (non-hydrogen) atoms. The molecule has 1 N–H and O–H groups in total. The molecule has 98 valence electrons. The normalized spacial score (nSPS) is 10.7. The average Bonchev–Trinajstić information content (AvgIpc) is 2.46. The summed E-state index contributed by atoms with van der Waals surface area (Å²) in [6.45, 7) is 0. The van der Waals surface area contributed by atoms with Crippen LogP contribution >= 0.6 is 15.9 Å². The van der Waals surface area contributed by atoms with Gasteiger partial charge < -0.3 is 5.11 Å². The average molecular weight is 329 g/mol. The zero-order chi connectivity index (χ0) is 14.1. The summed E-state index contributed by atoms with van der Waals surface area (Å²) in [5, 5.41) is 9.93. The van der Waals surface area contributed by atoms with Crippen LogP contribution in [0.3, 0.4) is 0 Å². The van der Waals surface area contributed by atoms with Gasteiger partial charge in [-0.05, 0) is 24.3 Å². The number of carboxylic acids is 1. The molecule has 0 spiro atoms. The highest BCUT2D eigenvalue weighted by Crippen LogP contribution is 2.25. The molecule has 2 heterocycles. The van der Waals surface area contributed by atoms with E-state index in [9.17, 15) is 9.90 Å². The third-order valence-electron chi connectivity index (χ3n) is 2.98. The van der Waals surface area contributed by atoms with Crippen LogP contribution in [0.5, 0.6) is 0 Å². The maximum absolute atomic E-state index is 11.4. The largest absolute Gasteiger partial charge is 0.478 e. The van der Waals surface area contributed by atoms with Gasteiger partial charge in [0, 0.05) is 21.6 Å². The van der Waals surface area contributed by atoms with Gasteiger partial charge in [-0.1, -0.05) is 28.1 Å². The van der Waals surface area contributed by atoms with Gasteiger partial charge in [-0.25, -0.2) is 9.78 Å². The van der Waals surface area contributed by atoms with Crippen LogP contribution in [0.15, 0.2) is 53.3 Å². The summed E-state index contributed by atoms with van der Waals surface area (Å²) in [6, 6.07) is 10.8.